The van der Waals surface area contributed by atoms with E-state index in [4.69, 9.17) is 5.73 Å². The molecule has 3 atom stereocenters. The first-order valence-corrected chi connectivity index (χ1v) is 7.51. The minimum atomic E-state index is 0.579. The molecule has 2 fully saturated rings. The lowest BCUT2D eigenvalue weighted by molar-refractivity contribution is 0.152. The molecule has 0 aromatic heterocycles. The molecule has 0 aliphatic heterocycles. The first-order chi connectivity index (χ1) is 7.80. The zero-order valence-electron chi connectivity index (χ0n) is 11.0. The van der Waals surface area contributed by atoms with E-state index in [2.05, 4.69) is 6.92 Å². The van der Waals surface area contributed by atoms with E-state index in [9.17, 15) is 0 Å². The zero-order chi connectivity index (χ0) is 11.4. The average Bonchev–Trinajstić information content (AvgIpc) is 2.89. The number of unbranched alkanes of at least 4 members (excludes halogenated alkanes) is 4. The Kier molecular flexibility index (Phi) is 4.29. The SMILES string of the molecule is CCCCCCCC1(CN)CC2CCC1C2. The fourth-order valence-corrected chi connectivity index (χ4v) is 4.30. The van der Waals surface area contributed by atoms with Gasteiger partial charge in [0.05, 0.1) is 0 Å². The molecule has 2 saturated carbocycles. The van der Waals surface area contributed by atoms with Crippen LogP contribution >= 0.6 is 0 Å². The molecule has 2 aliphatic rings. The van der Waals surface area contributed by atoms with Gasteiger partial charge in [-0.05, 0) is 49.5 Å². The molecule has 2 N–H and O–H groups in total. The van der Waals surface area contributed by atoms with Crippen molar-refractivity contribution in [3.8, 4) is 0 Å². The van der Waals surface area contributed by atoms with Crippen molar-refractivity contribution >= 4 is 0 Å². The highest BCUT2D eigenvalue weighted by atomic mass is 14.7. The van der Waals surface area contributed by atoms with Crippen LogP contribution in [0, 0.1) is 17.3 Å². The predicted molar refractivity (Wildman–Crippen MR) is 70.3 cm³/mol. The number of hydrogen-bond acceptors (Lipinski definition) is 1. The molecule has 0 spiro atoms. The molecule has 3 unspecified atom stereocenters. The smallest absolute Gasteiger partial charge is 0.00178 e. The predicted octanol–water partition coefficient (Wildman–Crippen LogP) is 4.11. The summed E-state index contributed by atoms with van der Waals surface area (Å²) in [7, 11) is 0. The van der Waals surface area contributed by atoms with Gasteiger partial charge in [0.2, 0.25) is 0 Å². The summed E-state index contributed by atoms with van der Waals surface area (Å²) in [5.41, 5.74) is 6.67. The Balaban J connectivity index is 1.73. The van der Waals surface area contributed by atoms with Crippen molar-refractivity contribution in [1.29, 1.82) is 0 Å². The maximum Gasteiger partial charge on any atom is -0.00178 e. The summed E-state index contributed by atoms with van der Waals surface area (Å²) in [4.78, 5) is 0. The highest BCUT2D eigenvalue weighted by molar-refractivity contribution is 5.00. The molecule has 0 radical (unpaired) electrons. The highest BCUT2D eigenvalue weighted by Crippen LogP contribution is 2.57. The van der Waals surface area contributed by atoms with Crippen molar-refractivity contribution in [3.05, 3.63) is 0 Å². The second kappa shape index (κ2) is 5.53. The Morgan fingerprint density at radius 3 is 2.50 bits per heavy atom. The summed E-state index contributed by atoms with van der Waals surface area (Å²) in [5.74, 6) is 2.04. The van der Waals surface area contributed by atoms with E-state index < -0.39 is 0 Å². The summed E-state index contributed by atoms with van der Waals surface area (Å²) in [5, 5.41) is 0. The van der Waals surface area contributed by atoms with Crippen LogP contribution < -0.4 is 5.73 Å². The lowest BCUT2D eigenvalue weighted by atomic mass is 9.70. The van der Waals surface area contributed by atoms with Crippen LogP contribution in [-0.4, -0.2) is 6.54 Å². The molecule has 0 amide bonds. The first-order valence-electron chi connectivity index (χ1n) is 7.51. The standard InChI is InChI=1S/C15H29N/c1-2-3-4-5-6-9-15(12-16)11-13-7-8-14(15)10-13/h13-14H,2-12,16H2,1H3. The van der Waals surface area contributed by atoms with E-state index in [-0.39, 0.29) is 0 Å². The van der Waals surface area contributed by atoms with Gasteiger partial charge in [-0.3, -0.25) is 0 Å². The van der Waals surface area contributed by atoms with Gasteiger partial charge in [0.1, 0.15) is 0 Å². The van der Waals surface area contributed by atoms with Gasteiger partial charge in [-0.1, -0.05) is 45.4 Å². The van der Waals surface area contributed by atoms with Crippen LogP contribution in [0.4, 0.5) is 0 Å². The molecule has 16 heavy (non-hydrogen) atoms. The molecule has 94 valence electrons. The van der Waals surface area contributed by atoms with E-state index >= 15 is 0 Å². The summed E-state index contributed by atoms with van der Waals surface area (Å²) < 4.78 is 0. The second-order valence-corrected chi connectivity index (χ2v) is 6.31. The fraction of sp³-hybridized carbons (Fsp3) is 1.00. The first kappa shape index (κ1) is 12.4. The quantitative estimate of drug-likeness (QED) is 0.646. The van der Waals surface area contributed by atoms with Crippen LogP contribution in [-0.2, 0) is 0 Å². The zero-order valence-corrected chi connectivity index (χ0v) is 11.0. The van der Waals surface area contributed by atoms with Gasteiger partial charge < -0.3 is 5.73 Å². The van der Waals surface area contributed by atoms with Gasteiger partial charge in [0.25, 0.3) is 0 Å². The van der Waals surface area contributed by atoms with Gasteiger partial charge >= 0.3 is 0 Å². The minimum absolute atomic E-state index is 0.579. The van der Waals surface area contributed by atoms with Crippen molar-refractivity contribution in [1.82, 2.24) is 0 Å². The molecule has 0 heterocycles. The molecule has 0 saturated heterocycles. The maximum atomic E-state index is 6.10. The molecular formula is C15H29N. The van der Waals surface area contributed by atoms with Gasteiger partial charge in [-0.2, -0.15) is 0 Å². The van der Waals surface area contributed by atoms with Gasteiger partial charge in [-0.15, -0.1) is 0 Å². The van der Waals surface area contributed by atoms with Crippen molar-refractivity contribution in [2.75, 3.05) is 6.54 Å². The molecule has 1 heteroatoms. The fourth-order valence-electron chi connectivity index (χ4n) is 4.30. The molecule has 2 aliphatic carbocycles. The topological polar surface area (TPSA) is 26.0 Å². The minimum Gasteiger partial charge on any atom is -0.330 e. The number of fused-ring (bicyclic) bond motifs is 2. The summed E-state index contributed by atoms with van der Waals surface area (Å²) >= 11 is 0. The van der Waals surface area contributed by atoms with Crippen molar-refractivity contribution in [2.24, 2.45) is 23.0 Å². The van der Waals surface area contributed by atoms with E-state index in [0.29, 0.717) is 5.41 Å². The lowest BCUT2D eigenvalue weighted by Crippen LogP contribution is -2.35. The van der Waals surface area contributed by atoms with Crippen molar-refractivity contribution < 1.29 is 0 Å². The Labute approximate surface area is 101 Å². The van der Waals surface area contributed by atoms with Crippen LogP contribution in [0.2, 0.25) is 0 Å². The summed E-state index contributed by atoms with van der Waals surface area (Å²) in [6, 6.07) is 0. The summed E-state index contributed by atoms with van der Waals surface area (Å²) in [6.07, 6.45) is 14.5. The van der Waals surface area contributed by atoms with Gasteiger partial charge in [0, 0.05) is 0 Å². The third-order valence-corrected chi connectivity index (χ3v) is 5.29. The molecule has 2 rings (SSSR count). The van der Waals surface area contributed by atoms with Crippen LogP contribution in [0.25, 0.3) is 0 Å². The molecule has 1 nitrogen and oxygen atoms in total. The molecule has 0 aromatic rings. The van der Waals surface area contributed by atoms with E-state index in [1.165, 1.54) is 64.2 Å². The van der Waals surface area contributed by atoms with Crippen molar-refractivity contribution in [2.45, 2.75) is 71.1 Å². The van der Waals surface area contributed by atoms with E-state index in [0.717, 1.165) is 18.4 Å². The maximum absolute atomic E-state index is 6.10. The Bertz CT molecular complexity index is 213. The van der Waals surface area contributed by atoms with Gasteiger partial charge in [0.15, 0.2) is 0 Å². The van der Waals surface area contributed by atoms with Crippen LogP contribution in [0.3, 0.4) is 0 Å². The van der Waals surface area contributed by atoms with Gasteiger partial charge in [-0.25, -0.2) is 0 Å². The molecular weight excluding hydrogens is 194 g/mol. The van der Waals surface area contributed by atoms with E-state index in [1.807, 2.05) is 0 Å². The average molecular weight is 223 g/mol. The number of nitrogens with two attached hydrogens (primary N) is 1. The summed E-state index contributed by atoms with van der Waals surface area (Å²) in [6.45, 7) is 3.25. The lowest BCUT2D eigenvalue weighted by Gasteiger charge is -2.37. The highest BCUT2D eigenvalue weighted by Gasteiger charge is 2.49. The Morgan fingerprint density at radius 1 is 1.12 bits per heavy atom. The monoisotopic (exact) mass is 223 g/mol. The van der Waals surface area contributed by atoms with Crippen LogP contribution in [0.5, 0.6) is 0 Å². The molecule has 2 bridgehead atoms. The number of rotatable bonds is 7. The Hall–Kier alpha value is -0.0400. The van der Waals surface area contributed by atoms with Crippen molar-refractivity contribution in [3.63, 3.8) is 0 Å². The Morgan fingerprint density at radius 2 is 1.94 bits per heavy atom. The largest absolute Gasteiger partial charge is 0.330 e. The number of hydrogen-bond donors (Lipinski definition) is 1. The van der Waals surface area contributed by atoms with E-state index in [1.54, 1.807) is 0 Å². The third kappa shape index (κ3) is 2.45. The van der Waals surface area contributed by atoms with Crippen LogP contribution in [0.1, 0.15) is 71.1 Å². The second-order valence-electron chi connectivity index (χ2n) is 6.31. The third-order valence-electron chi connectivity index (χ3n) is 5.29. The van der Waals surface area contributed by atoms with Crippen LogP contribution in [0.15, 0.2) is 0 Å². The normalized spacial score (nSPS) is 37.1. The molecule has 0 aromatic carbocycles.